The first-order chi connectivity index (χ1) is 16.3. The van der Waals surface area contributed by atoms with Crippen LogP contribution >= 0.6 is 0 Å². The number of hydrogen-bond acceptors (Lipinski definition) is 4. The minimum absolute atomic E-state index is 0.247. The predicted octanol–water partition coefficient (Wildman–Crippen LogP) is 7.62. The van der Waals surface area contributed by atoms with Gasteiger partial charge in [-0.25, -0.2) is 4.79 Å². The maximum absolute atomic E-state index is 13.5. The third-order valence-electron chi connectivity index (χ3n) is 5.50. The fraction of sp³-hybridized carbons (Fsp3) is 0.400. The average molecular weight is 477 g/mol. The van der Waals surface area contributed by atoms with E-state index in [9.17, 15) is 4.79 Å². The van der Waals surface area contributed by atoms with E-state index >= 15 is 0 Å². The highest BCUT2D eigenvalue weighted by atomic mass is 16.6. The standard InChI is InChI=1S/C30H40N2O3/c1-11-20(2)17-26(13-12-25-15-21(3)14-22(4)16-25)32(29(33)35-30(7,8)9)19-27-24(6)28(34-10)23(5)18-31-27/h11-18H,19H2,1-10H3/b13-12+,20-11-,26-17+. The number of ether oxygens (including phenoxy) is 2. The highest BCUT2D eigenvalue weighted by Gasteiger charge is 2.26. The molecular weight excluding hydrogens is 436 g/mol. The molecule has 1 aromatic carbocycles. The summed E-state index contributed by atoms with van der Waals surface area (Å²) in [5, 5.41) is 0. The van der Waals surface area contributed by atoms with Gasteiger partial charge < -0.3 is 9.47 Å². The summed E-state index contributed by atoms with van der Waals surface area (Å²) >= 11 is 0. The molecule has 0 aliphatic carbocycles. The number of nitrogens with zero attached hydrogens (tertiary/aromatic N) is 2. The summed E-state index contributed by atoms with van der Waals surface area (Å²) in [6.45, 7) is 17.9. The van der Waals surface area contributed by atoms with Crippen LogP contribution in [0.5, 0.6) is 5.75 Å². The fourth-order valence-electron chi connectivity index (χ4n) is 3.78. The summed E-state index contributed by atoms with van der Waals surface area (Å²) in [6.07, 6.45) is 9.34. The number of aryl methyl sites for hydroxylation is 3. The Labute approximate surface area is 211 Å². The van der Waals surface area contributed by atoms with Crippen molar-refractivity contribution in [3.05, 3.63) is 87.4 Å². The van der Waals surface area contributed by atoms with Crippen LogP contribution in [0.4, 0.5) is 4.79 Å². The maximum Gasteiger partial charge on any atom is 0.415 e. The Morgan fingerprint density at radius 3 is 2.26 bits per heavy atom. The number of carbonyl (C=O) groups is 1. The minimum Gasteiger partial charge on any atom is -0.496 e. The topological polar surface area (TPSA) is 51.7 Å². The van der Waals surface area contributed by atoms with Crippen LogP contribution in [0.1, 0.15) is 68.1 Å². The Hall–Kier alpha value is -3.34. The number of hydrogen-bond donors (Lipinski definition) is 0. The third kappa shape index (κ3) is 8.13. The molecule has 0 aliphatic rings. The van der Waals surface area contributed by atoms with Gasteiger partial charge in [-0.2, -0.15) is 0 Å². The Balaban J connectivity index is 2.62. The minimum atomic E-state index is -0.638. The molecule has 0 radical (unpaired) electrons. The summed E-state index contributed by atoms with van der Waals surface area (Å²) in [7, 11) is 1.65. The zero-order valence-electron chi connectivity index (χ0n) is 22.9. The van der Waals surface area contributed by atoms with Crippen molar-refractivity contribution in [2.24, 2.45) is 0 Å². The van der Waals surface area contributed by atoms with Gasteiger partial charge in [0, 0.05) is 23.0 Å². The molecular formula is C30H40N2O3. The van der Waals surface area contributed by atoms with Crippen molar-refractivity contribution in [1.82, 2.24) is 9.88 Å². The number of aromatic nitrogens is 1. The lowest BCUT2D eigenvalue weighted by molar-refractivity contribution is 0.0305. The van der Waals surface area contributed by atoms with Gasteiger partial charge in [0.15, 0.2) is 0 Å². The molecule has 0 unspecified atom stereocenters. The van der Waals surface area contributed by atoms with Crippen molar-refractivity contribution in [3.8, 4) is 5.75 Å². The van der Waals surface area contributed by atoms with E-state index < -0.39 is 11.7 Å². The first-order valence-electron chi connectivity index (χ1n) is 11.9. The summed E-state index contributed by atoms with van der Waals surface area (Å²) in [4.78, 5) is 19.8. The van der Waals surface area contributed by atoms with Crippen LogP contribution in [0.25, 0.3) is 6.08 Å². The lowest BCUT2D eigenvalue weighted by Gasteiger charge is -2.29. The van der Waals surface area contributed by atoms with Gasteiger partial charge in [0.2, 0.25) is 0 Å². The molecule has 5 nitrogen and oxygen atoms in total. The number of allylic oxidation sites excluding steroid dienone is 4. The zero-order chi connectivity index (χ0) is 26.3. The molecule has 35 heavy (non-hydrogen) atoms. The largest absolute Gasteiger partial charge is 0.496 e. The predicted molar refractivity (Wildman–Crippen MR) is 145 cm³/mol. The molecule has 0 saturated heterocycles. The molecule has 0 saturated carbocycles. The van der Waals surface area contributed by atoms with E-state index in [4.69, 9.17) is 9.47 Å². The van der Waals surface area contributed by atoms with Crippen molar-refractivity contribution in [3.63, 3.8) is 0 Å². The number of benzene rings is 1. The molecule has 2 rings (SSSR count). The number of carbonyl (C=O) groups excluding carboxylic acids is 1. The van der Waals surface area contributed by atoms with E-state index in [0.29, 0.717) is 0 Å². The Bertz CT molecular complexity index is 1130. The van der Waals surface area contributed by atoms with Crippen LogP contribution in [-0.4, -0.2) is 28.7 Å². The second-order valence-electron chi connectivity index (χ2n) is 9.97. The normalized spacial score (nSPS) is 12.7. The lowest BCUT2D eigenvalue weighted by Crippen LogP contribution is -2.36. The highest BCUT2D eigenvalue weighted by molar-refractivity contribution is 5.72. The molecule has 1 aromatic heterocycles. The molecule has 0 fully saturated rings. The summed E-state index contributed by atoms with van der Waals surface area (Å²) in [5.74, 6) is 0.778. The summed E-state index contributed by atoms with van der Waals surface area (Å²) < 4.78 is 11.4. The molecule has 0 aliphatic heterocycles. The molecule has 0 atom stereocenters. The first kappa shape index (κ1) is 27.9. The highest BCUT2D eigenvalue weighted by Crippen LogP contribution is 2.27. The second kappa shape index (κ2) is 11.9. The smallest absolute Gasteiger partial charge is 0.415 e. The van der Waals surface area contributed by atoms with Crippen molar-refractivity contribution in [1.29, 1.82) is 0 Å². The Kier molecular flexibility index (Phi) is 9.47. The summed E-state index contributed by atoms with van der Waals surface area (Å²) in [5.41, 5.74) is 7.17. The van der Waals surface area contributed by atoms with Crippen LogP contribution in [-0.2, 0) is 11.3 Å². The van der Waals surface area contributed by atoms with Gasteiger partial charge in [-0.05, 0) is 80.0 Å². The summed E-state index contributed by atoms with van der Waals surface area (Å²) in [6, 6.07) is 6.39. The molecule has 1 heterocycles. The van der Waals surface area contributed by atoms with Gasteiger partial charge in [-0.3, -0.25) is 9.88 Å². The van der Waals surface area contributed by atoms with Gasteiger partial charge in [0.1, 0.15) is 11.4 Å². The first-order valence-corrected chi connectivity index (χ1v) is 11.9. The van der Waals surface area contributed by atoms with Crippen LogP contribution in [0.2, 0.25) is 0 Å². The number of rotatable bonds is 7. The fourth-order valence-corrected chi connectivity index (χ4v) is 3.78. The molecule has 0 N–H and O–H groups in total. The van der Waals surface area contributed by atoms with Gasteiger partial charge in [0.25, 0.3) is 0 Å². The van der Waals surface area contributed by atoms with Crippen LogP contribution in [0.3, 0.4) is 0 Å². The van der Waals surface area contributed by atoms with Gasteiger partial charge in [-0.15, -0.1) is 0 Å². The lowest BCUT2D eigenvalue weighted by atomic mass is 10.1. The van der Waals surface area contributed by atoms with Gasteiger partial charge in [0.05, 0.1) is 19.3 Å². The average Bonchev–Trinajstić information content (AvgIpc) is 2.74. The van der Waals surface area contributed by atoms with Gasteiger partial charge >= 0.3 is 6.09 Å². The van der Waals surface area contributed by atoms with Crippen molar-refractivity contribution in [2.75, 3.05) is 7.11 Å². The van der Waals surface area contributed by atoms with E-state index in [1.54, 1.807) is 18.2 Å². The molecule has 0 spiro atoms. The quantitative estimate of drug-likeness (QED) is 0.386. The Morgan fingerprint density at radius 1 is 1.09 bits per heavy atom. The zero-order valence-corrected chi connectivity index (χ0v) is 22.9. The molecule has 5 heteroatoms. The van der Waals surface area contributed by atoms with E-state index in [2.05, 4.69) is 37.0 Å². The third-order valence-corrected chi connectivity index (χ3v) is 5.50. The number of amides is 1. The number of methoxy groups -OCH3 is 1. The van der Waals surface area contributed by atoms with Crippen LogP contribution in [0.15, 0.2) is 53.9 Å². The molecule has 1 amide bonds. The second-order valence-corrected chi connectivity index (χ2v) is 9.97. The monoisotopic (exact) mass is 476 g/mol. The Morgan fingerprint density at radius 2 is 1.71 bits per heavy atom. The molecule has 2 aromatic rings. The van der Waals surface area contributed by atoms with Gasteiger partial charge in [-0.1, -0.05) is 47.1 Å². The van der Waals surface area contributed by atoms with E-state index in [0.717, 1.165) is 39.4 Å². The molecule has 0 bridgehead atoms. The van der Waals surface area contributed by atoms with Crippen molar-refractivity contribution < 1.29 is 14.3 Å². The maximum atomic E-state index is 13.5. The van der Waals surface area contributed by atoms with E-state index in [1.807, 2.05) is 72.8 Å². The van der Waals surface area contributed by atoms with E-state index in [-0.39, 0.29) is 6.54 Å². The van der Waals surface area contributed by atoms with E-state index in [1.165, 1.54) is 11.1 Å². The van der Waals surface area contributed by atoms with Crippen molar-refractivity contribution in [2.45, 2.75) is 74.5 Å². The van der Waals surface area contributed by atoms with Crippen LogP contribution < -0.4 is 4.74 Å². The van der Waals surface area contributed by atoms with Crippen molar-refractivity contribution >= 4 is 12.2 Å². The molecule has 188 valence electrons. The SMILES string of the molecule is C\C=C(C)/C=C(\C=C\c1cc(C)cc(C)c1)N(Cc1ncc(C)c(OC)c1C)C(=O)OC(C)(C)C. The van der Waals surface area contributed by atoms with Crippen LogP contribution in [0, 0.1) is 27.7 Å². The number of pyridine rings is 1.